The molecular formula is C31H33N3O7. The Morgan fingerprint density at radius 1 is 1.10 bits per heavy atom. The Bertz CT molecular complexity index is 1560. The van der Waals surface area contributed by atoms with Crippen LogP contribution in [-0.2, 0) is 21.4 Å². The van der Waals surface area contributed by atoms with Crippen LogP contribution in [-0.4, -0.2) is 45.2 Å². The Morgan fingerprint density at radius 3 is 2.56 bits per heavy atom. The Balaban J connectivity index is 1.59. The molecule has 4 heterocycles. The van der Waals surface area contributed by atoms with E-state index in [9.17, 15) is 24.6 Å². The molecule has 2 unspecified atom stereocenters. The van der Waals surface area contributed by atoms with Crippen molar-refractivity contribution in [2.75, 3.05) is 5.32 Å². The first-order valence-corrected chi connectivity index (χ1v) is 13.9. The molecule has 0 saturated carbocycles. The number of para-hydroxylation sites is 1. The largest absolute Gasteiger partial charge is 0.476 e. The number of ketones is 1. The topological polar surface area (TPSA) is 151 Å². The Morgan fingerprint density at radius 2 is 1.85 bits per heavy atom. The van der Waals surface area contributed by atoms with E-state index in [1.54, 1.807) is 19.9 Å². The fourth-order valence-corrected chi connectivity index (χ4v) is 6.30. The number of benzene rings is 2. The highest BCUT2D eigenvalue weighted by molar-refractivity contribution is 5.90. The highest BCUT2D eigenvalue weighted by atomic mass is 16.5. The Kier molecular flexibility index (Phi) is 6.41. The van der Waals surface area contributed by atoms with Crippen molar-refractivity contribution in [3.8, 4) is 5.75 Å². The van der Waals surface area contributed by atoms with Gasteiger partial charge in [0.25, 0.3) is 0 Å². The van der Waals surface area contributed by atoms with Crippen LogP contribution in [0.25, 0.3) is 0 Å². The normalized spacial score (nSPS) is 24.9. The average Bonchev–Trinajstić information content (AvgIpc) is 3.59. The molecule has 0 radical (unpaired) electrons. The molecule has 2 aromatic carbocycles. The zero-order chi connectivity index (χ0) is 29.2. The first-order chi connectivity index (χ1) is 19.5. The minimum atomic E-state index is -1.26. The summed E-state index contributed by atoms with van der Waals surface area (Å²) >= 11 is 0. The van der Waals surface area contributed by atoms with Gasteiger partial charge < -0.3 is 30.0 Å². The molecule has 5 atom stereocenters. The monoisotopic (exact) mass is 559 g/mol. The number of hydrogen-bond donors (Lipinski definition) is 4. The maximum Gasteiger partial charge on any atom is 0.358 e. The molecule has 3 aromatic rings. The summed E-state index contributed by atoms with van der Waals surface area (Å²) in [6.07, 6.45) is -1.80. The molecule has 214 valence electrons. The third-order valence-corrected chi connectivity index (χ3v) is 8.44. The van der Waals surface area contributed by atoms with E-state index in [1.165, 1.54) is 0 Å². The lowest BCUT2D eigenvalue weighted by molar-refractivity contribution is -0.135. The van der Waals surface area contributed by atoms with E-state index in [4.69, 9.17) is 9.15 Å². The summed E-state index contributed by atoms with van der Waals surface area (Å²) in [6.45, 7) is 7.25. The van der Waals surface area contributed by atoms with E-state index in [0.717, 1.165) is 16.8 Å². The van der Waals surface area contributed by atoms with Crippen LogP contribution in [0.2, 0.25) is 0 Å². The van der Waals surface area contributed by atoms with Gasteiger partial charge in [0, 0.05) is 23.6 Å². The molecule has 4 bridgehead atoms. The maximum atomic E-state index is 13.7. The van der Waals surface area contributed by atoms with Crippen LogP contribution in [0.5, 0.6) is 5.75 Å². The van der Waals surface area contributed by atoms with Gasteiger partial charge in [0.15, 0.2) is 23.5 Å². The number of anilines is 1. The van der Waals surface area contributed by atoms with E-state index in [2.05, 4.69) is 15.6 Å². The fourth-order valence-electron chi connectivity index (χ4n) is 6.30. The molecule has 1 amide bonds. The number of aliphatic hydroxyl groups excluding tert-OH is 1. The summed E-state index contributed by atoms with van der Waals surface area (Å²) in [4.78, 5) is 43.8. The molecule has 3 aliphatic heterocycles. The second kappa shape index (κ2) is 9.73. The molecule has 3 aliphatic rings. The number of oxazole rings is 1. The summed E-state index contributed by atoms with van der Waals surface area (Å²) in [7, 11) is 0. The van der Waals surface area contributed by atoms with Gasteiger partial charge >= 0.3 is 5.97 Å². The first kappa shape index (κ1) is 27.0. The summed E-state index contributed by atoms with van der Waals surface area (Å²) in [5, 5.41) is 27.1. The number of carbonyl (C=O) groups is 3. The first-order valence-electron chi connectivity index (χ1n) is 13.9. The minimum absolute atomic E-state index is 0.0655. The lowest BCUT2D eigenvalue weighted by Gasteiger charge is -2.28. The van der Waals surface area contributed by atoms with Crippen LogP contribution in [0, 0.1) is 17.8 Å². The number of hydrogen-bond acceptors (Lipinski definition) is 8. The second-order valence-electron chi connectivity index (χ2n) is 11.9. The third kappa shape index (κ3) is 4.11. The van der Waals surface area contributed by atoms with Gasteiger partial charge in [-0.2, -0.15) is 0 Å². The predicted octanol–water partition coefficient (Wildman–Crippen LogP) is 3.81. The number of aromatic carboxylic acids is 1. The van der Waals surface area contributed by atoms with Crippen LogP contribution < -0.4 is 15.4 Å². The lowest BCUT2D eigenvalue weighted by Crippen LogP contribution is -2.41. The fraction of sp³-hybridized carbons (Fsp3) is 0.419. The summed E-state index contributed by atoms with van der Waals surface area (Å²) < 4.78 is 12.8. The molecule has 10 heteroatoms. The number of rotatable bonds is 6. The van der Waals surface area contributed by atoms with Crippen molar-refractivity contribution in [2.45, 2.75) is 64.3 Å². The van der Waals surface area contributed by atoms with Gasteiger partial charge in [-0.25, -0.2) is 9.78 Å². The van der Waals surface area contributed by atoms with E-state index >= 15 is 0 Å². The molecular weight excluding hydrogens is 526 g/mol. The van der Waals surface area contributed by atoms with E-state index in [-0.39, 0.29) is 42.0 Å². The van der Waals surface area contributed by atoms with Crippen molar-refractivity contribution in [3.05, 3.63) is 76.5 Å². The van der Waals surface area contributed by atoms with Crippen molar-refractivity contribution in [3.63, 3.8) is 0 Å². The molecule has 0 saturated heterocycles. The highest BCUT2D eigenvalue weighted by Gasteiger charge is 2.61. The van der Waals surface area contributed by atoms with Gasteiger partial charge in [0.05, 0.1) is 0 Å². The van der Waals surface area contributed by atoms with Crippen LogP contribution in [0.15, 0.2) is 46.9 Å². The van der Waals surface area contributed by atoms with Crippen LogP contribution in [0.1, 0.15) is 79.0 Å². The number of nitrogens with one attached hydrogen (secondary N) is 2. The molecule has 10 nitrogen and oxygen atoms in total. The number of ether oxygens (including phenoxy) is 1. The van der Waals surface area contributed by atoms with E-state index in [1.807, 2.05) is 50.2 Å². The number of Topliss-reactive ketones (excluding diaryl/α,β-unsaturated/α-hetero) is 1. The van der Waals surface area contributed by atoms with Crippen LogP contribution in [0.3, 0.4) is 0 Å². The van der Waals surface area contributed by atoms with Gasteiger partial charge in [-0.3, -0.25) is 9.59 Å². The number of carbonyl (C=O) groups excluding carboxylic acids is 2. The zero-order valence-corrected chi connectivity index (χ0v) is 23.3. The predicted molar refractivity (Wildman–Crippen MR) is 148 cm³/mol. The second-order valence-corrected chi connectivity index (χ2v) is 11.9. The number of carboxylic acid groups (broad SMARTS) is 1. The molecule has 6 rings (SSSR count). The number of aromatic nitrogens is 1. The smallest absolute Gasteiger partial charge is 0.358 e. The highest BCUT2D eigenvalue weighted by Crippen LogP contribution is 2.58. The van der Waals surface area contributed by atoms with Crippen molar-refractivity contribution in [1.29, 1.82) is 0 Å². The Hall–Kier alpha value is -4.18. The molecule has 0 aliphatic carbocycles. The van der Waals surface area contributed by atoms with Gasteiger partial charge in [-0.15, -0.1) is 0 Å². The van der Waals surface area contributed by atoms with Crippen molar-refractivity contribution in [2.24, 2.45) is 17.8 Å². The van der Waals surface area contributed by atoms with E-state index in [0.29, 0.717) is 11.3 Å². The third-order valence-electron chi connectivity index (χ3n) is 8.44. The van der Waals surface area contributed by atoms with Gasteiger partial charge in [-0.05, 0) is 41.5 Å². The molecule has 1 aromatic heterocycles. The lowest BCUT2D eigenvalue weighted by atomic mass is 9.72. The van der Waals surface area contributed by atoms with Crippen molar-refractivity contribution in [1.82, 2.24) is 10.3 Å². The van der Waals surface area contributed by atoms with Crippen LogP contribution >= 0.6 is 0 Å². The molecule has 41 heavy (non-hydrogen) atoms. The number of nitrogens with zero attached hydrogens (tertiary/aromatic N) is 1. The quantitative estimate of drug-likeness (QED) is 0.353. The number of fused-ring (bicyclic) bond motifs is 4. The van der Waals surface area contributed by atoms with Crippen molar-refractivity contribution >= 4 is 23.3 Å². The van der Waals surface area contributed by atoms with Crippen molar-refractivity contribution < 1.29 is 33.8 Å². The number of carboxylic acids is 1. The summed E-state index contributed by atoms with van der Waals surface area (Å²) in [6, 6.07) is 12.4. The number of amides is 1. The summed E-state index contributed by atoms with van der Waals surface area (Å²) in [5.74, 6) is -2.61. The minimum Gasteiger partial charge on any atom is -0.476 e. The van der Waals surface area contributed by atoms with E-state index < -0.39 is 47.4 Å². The SMILES string of the molecule is CC(C)[C@H](O)C(=O)CC1Cc2ccc3c(c2)C2(c4ccccc4N[C@H]2O3)c2oc(nc2C(=O)O)[C@H](C(C)C)NC1=O. The summed E-state index contributed by atoms with van der Waals surface area (Å²) in [5.41, 5.74) is 1.62. The average molecular weight is 560 g/mol. The standard InChI is InChI=1S/C31H33N3O7/c1-14(2)23-28-34-24(29(38)39)26(41-28)31-18-7-5-6-8-20(18)32-30(31)40-22-10-9-16(12-19(22)31)11-17(27(37)33-23)13-21(35)25(36)15(3)4/h5-10,12,14-15,17,23,25,30,32,36H,11,13H2,1-4H3,(H,33,37)(H,38,39)/t17?,23-,25-,30-,31?/m0/s1. The molecule has 4 N–H and O–H groups in total. The molecule has 1 spiro atoms. The van der Waals surface area contributed by atoms with Gasteiger partial charge in [-0.1, -0.05) is 58.0 Å². The van der Waals surface area contributed by atoms with Gasteiger partial charge in [0.2, 0.25) is 11.8 Å². The van der Waals surface area contributed by atoms with Gasteiger partial charge in [0.1, 0.15) is 23.3 Å². The molecule has 0 fully saturated rings. The number of aliphatic hydroxyl groups is 1. The zero-order valence-electron chi connectivity index (χ0n) is 23.3. The Labute approximate surface area is 237 Å². The maximum absolute atomic E-state index is 13.7. The van der Waals surface area contributed by atoms with Crippen LogP contribution in [0.4, 0.5) is 5.69 Å².